The van der Waals surface area contributed by atoms with E-state index < -0.39 is 5.97 Å². The zero-order chi connectivity index (χ0) is 19.4. The maximum Gasteiger partial charge on any atom is 0.335 e. The van der Waals surface area contributed by atoms with Crippen LogP contribution >= 0.6 is 35.0 Å². The van der Waals surface area contributed by atoms with Gasteiger partial charge in [-0.3, -0.25) is 4.79 Å². The van der Waals surface area contributed by atoms with Crippen molar-refractivity contribution in [3.63, 3.8) is 0 Å². The largest absolute Gasteiger partial charge is 0.478 e. The highest BCUT2D eigenvalue weighted by Gasteiger charge is 2.15. The van der Waals surface area contributed by atoms with Crippen molar-refractivity contribution in [2.45, 2.75) is 11.6 Å². The van der Waals surface area contributed by atoms with E-state index in [-0.39, 0.29) is 23.5 Å². The first-order valence-electron chi connectivity index (χ1n) is 7.65. The Labute approximate surface area is 168 Å². The van der Waals surface area contributed by atoms with Crippen molar-refractivity contribution in [1.29, 1.82) is 0 Å². The number of carboxylic acid groups (broad SMARTS) is 1. The van der Waals surface area contributed by atoms with Gasteiger partial charge in [0.05, 0.1) is 17.0 Å². The zero-order valence-electron chi connectivity index (χ0n) is 13.7. The number of carbonyl (C=O) groups is 2. The molecular weight excluding hydrogens is 411 g/mol. The van der Waals surface area contributed by atoms with E-state index >= 15 is 0 Å². The molecule has 3 aromatic rings. The molecule has 0 bridgehead atoms. The third kappa shape index (κ3) is 4.65. The summed E-state index contributed by atoms with van der Waals surface area (Å²) in [4.78, 5) is 23.2. The van der Waals surface area contributed by atoms with E-state index in [1.165, 1.54) is 28.6 Å². The SMILES string of the molecule is O=C(CSc1nnnn1-c1ccc(C(=O)O)cc1)Cc1c(Cl)cccc1Cl. The average molecular weight is 423 g/mol. The molecule has 2 aromatic carbocycles. The normalized spacial score (nSPS) is 10.7. The van der Waals surface area contributed by atoms with Crippen molar-refractivity contribution in [2.75, 3.05) is 5.75 Å². The van der Waals surface area contributed by atoms with Crippen LogP contribution in [-0.4, -0.2) is 42.8 Å². The number of rotatable bonds is 7. The van der Waals surface area contributed by atoms with E-state index in [1.54, 1.807) is 30.3 Å². The Morgan fingerprint density at radius 1 is 1.07 bits per heavy atom. The summed E-state index contributed by atoms with van der Waals surface area (Å²) in [7, 11) is 0. The maximum absolute atomic E-state index is 12.3. The number of thioether (sulfide) groups is 1. The second-order valence-corrected chi connectivity index (χ2v) is 7.19. The molecule has 0 amide bonds. The third-order valence-corrected chi connectivity index (χ3v) is 5.28. The number of halogens is 2. The van der Waals surface area contributed by atoms with Gasteiger partial charge in [0.15, 0.2) is 0 Å². The lowest BCUT2D eigenvalue weighted by Gasteiger charge is -2.07. The van der Waals surface area contributed by atoms with Crippen molar-refractivity contribution in [1.82, 2.24) is 20.2 Å². The Hall–Kier alpha value is -2.42. The summed E-state index contributed by atoms with van der Waals surface area (Å²) >= 11 is 13.4. The van der Waals surface area contributed by atoms with Crippen molar-refractivity contribution in [2.24, 2.45) is 0 Å². The molecule has 0 unspecified atom stereocenters. The van der Waals surface area contributed by atoms with Crippen LogP contribution in [0.2, 0.25) is 10.0 Å². The van der Waals surface area contributed by atoms with E-state index in [2.05, 4.69) is 15.5 Å². The highest BCUT2D eigenvalue weighted by Crippen LogP contribution is 2.26. The molecule has 0 radical (unpaired) electrons. The lowest BCUT2D eigenvalue weighted by Crippen LogP contribution is -2.08. The monoisotopic (exact) mass is 422 g/mol. The highest BCUT2D eigenvalue weighted by molar-refractivity contribution is 7.99. The summed E-state index contributed by atoms with van der Waals surface area (Å²) in [5.41, 5.74) is 1.34. The van der Waals surface area contributed by atoms with E-state index in [0.717, 1.165) is 0 Å². The minimum atomic E-state index is -1.02. The van der Waals surface area contributed by atoms with Gasteiger partial charge in [-0.1, -0.05) is 41.0 Å². The molecule has 27 heavy (non-hydrogen) atoms. The van der Waals surface area contributed by atoms with E-state index in [0.29, 0.717) is 26.5 Å². The van der Waals surface area contributed by atoms with Crippen LogP contribution in [0, 0.1) is 0 Å². The number of tetrazole rings is 1. The number of carbonyl (C=O) groups excluding carboxylic acids is 1. The number of ketones is 1. The number of hydrogen-bond donors (Lipinski definition) is 1. The molecule has 10 heteroatoms. The average Bonchev–Trinajstić information content (AvgIpc) is 3.12. The molecule has 0 spiro atoms. The van der Waals surface area contributed by atoms with E-state index in [4.69, 9.17) is 28.3 Å². The van der Waals surface area contributed by atoms with Gasteiger partial charge in [0.1, 0.15) is 5.78 Å². The fourth-order valence-corrected chi connectivity index (χ4v) is 3.55. The van der Waals surface area contributed by atoms with Gasteiger partial charge in [-0.25, -0.2) is 4.79 Å². The number of hydrogen-bond acceptors (Lipinski definition) is 6. The van der Waals surface area contributed by atoms with Gasteiger partial charge < -0.3 is 5.11 Å². The summed E-state index contributed by atoms with van der Waals surface area (Å²) in [6, 6.07) is 11.2. The molecule has 7 nitrogen and oxygen atoms in total. The van der Waals surface area contributed by atoms with Crippen LogP contribution in [-0.2, 0) is 11.2 Å². The molecule has 0 saturated carbocycles. The van der Waals surface area contributed by atoms with Crippen LogP contribution in [0.3, 0.4) is 0 Å². The first kappa shape index (κ1) is 19.3. The molecule has 0 aliphatic rings. The van der Waals surface area contributed by atoms with Crippen molar-refractivity contribution in [3.8, 4) is 5.69 Å². The Bertz CT molecular complexity index is 972. The Morgan fingerprint density at radius 2 is 1.74 bits per heavy atom. The van der Waals surface area contributed by atoms with Gasteiger partial charge in [0, 0.05) is 16.5 Å². The summed E-state index contributed by atoms with van der Waals surface area (Å²) in [6.45, 7) is 0. The predicted molar refractivity (Wildman–Crippen MR) is 102 cm³/mol. The molecule has 3 rings (SSSR count). The van der Waals surface area contributed by atoms with Crippen LogP contribution in [0.25, 0.3) is 5.69 Å². The van der Waals surface area contributed by atoms with Gasteiger partial charge in [-0.15, -0.1) is 5.10 Å². The number of nitrogens with zero attached hydrogens (tertiary/aromatic N) is 4. The van der Waals surface area contributed by atoms with Gasteiger partial charge in [0.2, 0.25) is 5.16 Å². The summed E-state index contributed by atoms with van der Waals surface area (Å²) in [5.74, 6) is -0.961. The molecule has 138 valence electrons. The number of aromatic carboxylic acids is 1. The topological polar surface area (TPSA) is 98.0 Å². The minimum absolute atomic E-state index is 0.0780. The number of aromatic nitrogens is 4. The minimum Gasteiger partial charge on any atom is -0.478 e. The van der Waals surface area contributed by atoms with Gasteiger partial charge in [-0.05, 0) is 52.4 Å². The fraction of sp³-hybridized carbons (Fsp3) is 0.118. The Balaban J connectivity index is 1.68. The predicted octanol–water partition coefficient (Wildman–Crippen LogP) is 3.57. The lowest BCUT2D eigenvalue weighted by atomic mass is 10.1. The number of carboxylic acids is 1. The third-order valence-electron chi connectivity index (χ3n) is 3.60. The standard InChI is InChI=1S/C17H12Cl2N4O3S/c18-14-2-1-3-15(19)13(14)8-12(24)9-27-17-20-21-22-23(17)11-6-4-10(5-7-11)16(25)26/h1-7H,8-9H2,(H,25,26). The fourth-order valence-electron chi connectivity index (χ4n) is 2.27. The quantitative estimate of drug-likeness (QED) is 0.580. The summed E-state index contributed by atoms with van der Waals surface area (Å²) in [6.07, 6.45) is 0.111. The van der Waals surface area contributed by atoms with Crippen LogP contribution in [0.4, 0.5) is 0 Å². The Morgan fingerprint density at radius 3 is 2.37 bits per heavy atom. The van der Waals surface area contributed by atoms with Gasteiger partial charge >= 0.3 is 5.97 Å². The number of benzene rings is 2. The smallest absolute Gasteiger partial charge is 0.335 e. The van der Waals surface area contributed by atoms with Crippen molar-refractivity contribution < 1.29 is 14.7 Å². The van der Waals surface area contributed by atoms with Crippen LogP contribution in [0.15, 0.2) is 47.6 Å². The highest BCUT2D eigenvalue weighted by atomic mass is 35.5. The van der Waals surface area contributed by atoms with Crippen LogP contribution in [0.5, 0.6) is 0 Å². The van der Waals surface area contributed by atoms with E-state index in [1.807, 2.05) is 0 Å². The van der Waals surface area contributed by atoms with Crippen LogP contribution < -0.4 is 0 Å². The van der Waals surface area contributed by atoms with Gasteiger partial charge in [0.25, 0.3) is 0 Å². The summed E-state index contributed by atoms with van der Waals surface area (Å²) < 4.78 is 1.44. The molecule has 0 aliphatic heterocycles. The molecule has 1 aromatic heterocycles. The molecular formula is C17H12Cl2N4O3S. The van der Waals surface area contributed by atoms with Gasteiger partial charge in [-0.2, -0.15) is 4.68 Å². The van der Waals surface area contributed by atoms with Crippen molar-refractivity contribution in [3.05, 3.63) is 63.6 Å². The second-order valence-electron chi connectivity index (χ2n) is 5.43. The van der Waals surface area contributed by atoms with Crippen LogP contribution in [0.1, 0.15) is 15.9 Å². The Kier molecular flexibility index (Phi) is 6.10. The first-order valence-corrected chi connectivity index (χ1v) is 9.39. The summed E-state index contributed by atoms with van der Waals surface area (Å²) in [5, 5.41) is 21.7. The molecule has 0 saturated heterocycles. The molecule has 1 N–H and O–H groups in total. The second kappa shape index (κ2) is 8.51. The number of Topliss-reactive ketones (excluding diaryl/α,β-unsaturated/α-hetero) is 1. The van der Waals surface area contributed by atoms with Crippen molar-refractivity contribution >= 4 is 46.7 Å². The van der Waals surface area contributed by atoms with E-state index in [9.17, 15) is 9.59 Å². The lowest BCUT2D eigenvalue weighted by molar-refractivity contribution is -0.116. The molecule has 0 fully saturated rings. The zero-order valence-corrected chi connectivity index (χ0v) is 16.0. The molecule has 0 aliphatic carbocycles. The first-order chi connectivity index (χ1) is 13.0. The molecule has 0 atom stereocenters. The molecule has 1 heterocycles. The maximum atomic E-state index is 12.3.